The minimum Gasteiger partial charge on any atom is -0.508 e. The van der Waals surface area contributed by atoms with Gasteiger partial charge in [-0.2, -0.15) is 0 Å². The Balaban J connectivity index is 2.02. The molecule has 0 aromatic heterocycles. The number of carbonyl (C=O) groups is 1. The van der Waals surface area contributed by atoms with Crippen LogP contribution in [0.1, 0.15) is 30.4 Å². The lowest BCUT2D eigenvalue weighted by atomic mass is 9.57. The van der Waals surface area contributed by atoms with Crippen LogP contribution in [-0.2, 0) is 21.4 Å². The number of methoxy groups -OCH3 is 1. The molecule has 2 aliphatic rings. The average molecular weight is 232 g/mol. The van der Waals surface area contributed by atoms with E-state index >= 15 is 0 Å². The molecule has 0 radical (unpaired) electrons. The second-order valence-electron chi connectivity index (χ2n) is 5.11. The van der Waals surface area contributed by atoms with Gasteiger partial charge in [0.15, 0.2) is 0 Å². The third-order valence-electron chi connectivity index (χ3n) is 4.50. The summed E-state index contributed by atoms with van der Waals surface area (Å²) in [5, 5.41) is 9.61. The Labute approximate surface area is 100 Å². The molecule has 1 aromatic carbocycles. The van der Waals surface area contributed by atoms with Crippen molar-refractivity contribution in [1.29, 1.82) is 0 Å². The molecule has 17 heavy (non-hydrogen) atoms. The zero-order valence-corrected chi connectivity index (χ0v) is 9.90. The first-order valence-corrected chi connectivity index (χ1v) is 6.07. The SMILES string of the molecule is COC(=O)[C@@H]1CC[C@]12CCc1ccc(O)cc12. The van der Waals surface area contributed by atoms with Gasteiger partial charge in [0.25, 0.3) is 0 Å². The molecule has 0 aliphatic heterocycles. The largest absolute Gasteiger partial charge is 0.508 e. The minimum atomic E-state index is -0.104. The molecule has 1 saturated carbocycles. The van der Waals surface area contributed by atoms with Gasteiger partial charge in [-0.05, 0) is 48.9 Å². The number of hydrogen-bond donors (Lipinski definition) is 1. The summed E-state index contributed by atoms with van der Waals surface area (Å²) in [7, 11) is 1.45. The predicted octanol–water partition coefficient (Wildman–Crippen LogP) is 2.16. The maximum Gasteiger partial charge on any atom is 0.309 e. The maximum atomic E-state index is 11.8. The van der Waals surface area contributed by atoms with Crippen LogP contribution in [0.2, 0.25) is 0 Å². The van der Waals surface area contributed by atoms with Gasteiger partial charge in [0, 0.05) is 5.41 Å². The van der Waals surface area contributed by atoms with Crippen molar-refractivity contribution in [3.05, 3.63) is 29.3 Å². The molecule has 0 heterocycles. The van der Waals surface area contributed by atoms with Crippen LogP contribution in [0.4, 0.5) is 0 Å². The Hall–Kier alpha value is -1.51. The average Bonchev–Trinajstić information content (AvgIpc) is 2.68. The van der Waals surface area contributed by atoms with Gasteiger partial charge in [-0.1, -0.05) is 6.07 Å². The van der Waals surface area contributed by atoms with Crippen molar-refractivity contribution in [1.82, 2.24) is 0 Å². The molecule has 0 saturated heterocycles. The van der Waals surface area contributed by atoms with Crippen LogP contribution in [0.5, 0.6) is 5.75 Å². The van der Waals surface area contributed by atoms with E-state index in [0.29, 0.717) is 5.75 Å². The smallest absolute Gasteiger partial charge is 0.309 e. The van der Waals surface area contributed by atoms with Gasteiger partial charge >= 0.3 is 5.97 Å². The predicted molar refractivity (Wildman–Crippen MR) is 62.8 cm³/mol. The van der Waals surface area contributed by atoms with E-state index in [2.05, 4.69) is 0 Å². The van der Waals surface area contributed by atoms with Crippen molar-refractivity contribution >= 4 is 5.97 Å². The molecular weight excluding hydrogens is 216 g/mol. The summed E-state index contributed by atoms with van der Waals surface area (Å²) in [6, 6.07) is 5.53. The van der Waals surface area contributed by atoms with Crippen LogP contribution >= 0.6 is 0 Å². The highest BCUT2D eigenvalue weighted by molar-refractivity contribution is 5.77. The molecule has 1 N–H and O–H groups in total. The van der Waals surface area contributed by atoms with Gasteiger partial charge in [-0.15, -0.1) is 0 Å². The summed E-state index contributed by atoms with van der Waals surface area (Å²) in [6.45, 7) is 0. The van der Waals surface area contributed by atoms with E-state index < -0.39 is 0 Å². The van der Waals surface area contributed by atoms with E-state index in [4.69, 9.17) is 4.74 Å². The number of rotatable bonds is 1. The van der Waals surface area contributed by atoms with E-state index in [1.807, 2.05) is 12.1 Å². The van der Waals surface area contributed by atoms with Crippen molar-refractivity contribution in [2.75, 3.05) is 7.11 Å². The molecule has 1 spiro atoms. The molecule has 2 aliphatic carbocycles. The third-order valence-corrected chi connectivity index (χ3v) is 4.50. The first-order chi connectivity index (χ1) is 8.17. The van der Waals surface area contributed by atoms with Crippen LogP contribution in [-0.4, -0.2) is 18.2 Å². The number of fused-ring (bicyclic) bond motifs is 2. The van der Waals surface area contributed by atoms with Crippen LogP contribution in [0.25, 0.3) is 0 Å². The standard InChI is InChI=1S/C14H16O3/c1-17-13(16)11-5-7-14(11)6-4-9-2-3-10(15)8-12(9)14/h2-3,8,11,15H,4-7H2,1H3/t11-,14+/m0/s1. The molecule has 0 unspecified atom stereocenters. The molecular formula is C14H16O3. The highest BCUT2D eigenvalue weighted by atomic mass is 16.5. The topological polar surface area (TPSA) is 46.5 Å². The number of phenolic OH excluding ortho intramolecular Hbond substituents is 1. The summed E-state index contributed by atoms with van der Waals surface area (Å²) >= 11 is 0. The highest BCUT2D eigenvalue weighted by Crippen LogP contribution is 2.57. The fourth-order valence-corrected chi connectivity index (χ4v) is 3.48. The molecule has 3 nitrogen and oxygen atoms in total. The number of hydrogen-bond acceptors (Lipinski definition) is 3. The lowest BCUT2D eigenvalue weighted by molar-refractivity contribution is -0.153. The van der Waals surface area contributed by atoms with Crippen LogP contribution in [0.3, 0.4) is 0 Å². The van der Waals surface area contributed by atoms with Gasteiger partial charge in [0.05, 0.1) is 13.0 Å². The van der Waals surface area contributed by atoms with Gasteiger partial charge in [0.2, 0.25) is 0 Å². The second kappa shape index (κ2) is 3.49. The van der Waals surface area contributed by atoms with Gasteiger partial charge in [0.1, 0.15) is 5.75 Å². The van der Waals surface area contributed by atoms with Gasteiger partial charge in [-0.3, -0.25) is 4.79 Å². The van der Waals surface area contributed by atoms with Gasteiger partial charge in [-0.25, -0.2) is 0 Å². The van der Waals surface area contributed by atoms with Crippen molar-refractivity contribution in [2.24, 2.45) is 5.92 Å². The Morgan fingerprint density at radius 1 is 1.47 bits per heavy atom. The molecule has 1 fully saturated rings. The fraction of sp³-hybridized carbons (Fsp3) is 0.500. The number of phenols is 1. The molecule has 3 rings (SSSR count). The van der Waals surface area contributed by atoms with E-state index in [-0.39, 0.29) is 17.3 Å². The lowest BCUT2D eigenvalue weighted by Crippen LogP contribution is -2.47. The second-order valence-corrected chi connectivity index (χ2v) is 5.11. The minimum absolute atomic E-state index is 0.0180. The Kier molecular flexibility index (Phi) is 2.18. The molecule has 0 amide bonds. The van der Waals surface area contributed by atoms with Crippen LogP contribution < -0.4 is 0 Å². The van der Waals surface area contributed by atoms with Crippen molar-refractivity contribution in [3.8, 4) is 5.75 Å². The summed E-state index contributed by atoms with van der Waals surface area (Å²) < 4.78 is 4.88. The summed E-state index contributed by atoms with van der Waals surface area (Å²) in [5.41, 5.74) is 2.39. The molecule has 0 bridgehead atoms. The first-order valence-electron chi connectivity index (χ1n) is 6.07. The Morgan fingerprint density at radius 2 is 2.29 bits per heavy atom. The van der Waals surface area contributed by atoms with E-state index in [9.17, 15) is 9.90 Å². The number of esters is 1. The van der Waals surface area contributed by atoms with Crippen LogP contribution in [0.15, 0.2) is 18.2 Å². The van der Waals surface area contributed by atoms with Crippen molar-refractivity contribution in [3.63, 3.8) is 0 Å². The Bertz CT molecular complexity index is 480. The number of carbonyl (C=O) groups excluding carboxylic acids is 1. The Morgan fingerprint density at radius 3 is 2.94 bits per heavy atom. The number of ether oxygens (including phenoxy) is 1. The van der Waals surface area contributed by atoms with Gasteiger partial charge < -0.3 is 9.84 Å². The van der Waals surface area contributed by atoms with Crippen molar-refractivity contribution in [2.45, 2.75) is 31.1 Å². The summed E-state index contributed by atoms with van der Waals surface area (Å²) in [4.78, 5) is 11.8. The fourth-order valence-electron chi connectivity index (χ4n) is 3.48. The summed E-state index contributed by atoms with van der Waals surface area (Å²) in [5.74, 6) is 0.170. The van der Waals surface area contributed by atoms with E-state index in [1.54, 1.807) is 6.07 Å². The maximum absolute atomic E-state index is 11.8. The molecule has 90 valence electrons. The summed E-state index contributed by atoms with van der Waals surface area (Å²) in [6.07, 6.45) is 3.94. The zero-order chi connectivity index (χ0) is 12.0. The van der Waals surface area contributed by atoms with E-state index in [0.717, 1.165) is 25.7 Å². The first kappa shape index (κ1) is 10.6. The monoisotopic (exact) mass is 232 g/mol. The molecule has 3 heteroatoms. The third kappa shape index (κ3) is 1.31. The van der Waals surface area contributed by atoms with Crippen LogP contribution in [0, 0.1) is 5.92 Å². The van der Waals surface area contributed by atoms with E-state index in [1.165, 1.54) is 18.2 Å². The quantitative estimate of drug-likeness (QED) is 0.755. The normalized spacial score (nSPS) is 29.8. The van der Waals surface area contributed by atoms with Crippen molar-refractivity contribution < 1.29 is 14.6 Å². The lowest BCUT2D eigenvalue weighted by Gasteiger charge is -2.46. The number of benzene rings is 1. The zero-order valence-electron chi connectivity index (χ0n) is 9.90. The molecule has 1 aromatic rings. The highest BCUT2D eigenvalue weighted by Gasteiger charge is 2.55. The molecule has 2 atom stereocenters. The number of aryl methyl sites for hydroxylation is 1. The number of aromatic hydroxyl groups is 1.